The van der Waals surface area contributed by atoms with E-state index in [-0.39, 0.29) is 17.2 Å². The van der Waals surface area contributed by atoms with Crippen LogP contribution in [0.1, 0.15) is 25.3 Å². The molecule has 1 amide bonds. The van der Waals surface area contributed by atoms with Gasteiger partial charge in [0, 0.05) is 18.1 Å². The molecule has 0 aliphatic heterocycles. The van der Waals surface area contributed by atoms with Gasteiger partial charge < -0.3 is 5.32 Å². The highest BCUT2D eigenvalue weighted by Crippen LogP contribution is 2.24. The molecular weight excluding hydrogens is 442 g/mol. The molecule has 3 aromatic heterocycles. The molecule has 0 saturated carbocycles. The number of aromatic nitrogens is 4. The van der Waals surface area contributed by atoms with Gasteiger partial charge in [-0.05, 0) is 35.6 Å². The van der Waals surface area contributed by atoms with E-state index >= 15 is 0 Å². The van der Waals surface area contributed by atoms with Gasteiger partial charge in [0.2, 0.25) is 11.7 Å². The van der Waals surface area contributed by atoms with Crippen LogP contribution in [0.3, 0.4) is 0 Å². The van der Waals surface area contributed by atoms with Gasteiger partial charge >= 0.3 is 0 Å². The summed E-state index contributed by atoms with van der Waals surface area (Å²) in [4.78, 5) is 25.2. The van der Waals surface area contributed by atoms with E-state index in [0.29, 0.717) is 33.7 Å². The highest BCUT2D eigenvalue weighted by Gasteiger charge is 2.18. The van der Waals surface area contributed by atoms with E-state index in [9.17, 15) is 9.59 Å². The Balaban J connectivity index is 1.53. The van der Waals surface area contributed by atoms with Crippen LogP contribution < -0.4 is 10.9 Å². The van der Waals surface area contributed by atoms with Crippen LogP contribution in [-0.4, -0.2) is 30.8 Å². The molecule has 0 atom stereocenters. The summed E-state index contributed by atoms with van der Waals surface area (Å²) in [6, 6.07) is 9.25. The number of thioether (sulfide) groups is 1. The maximum absolute atomic E-state index is 12.8. The fourth-order valence-electron chi connectivity index (χ4n) is 3.10. The number of aryl methyl sites for hydroxylation is 1. The van der Waals surface area contributed by atoms with Crippen LogP contribution in [0, 0.1) is 0 Å². The zero-order valence-electron chi connectivity index (χ0n) is 16.3. The Morgan fingerprint density at radius 1 is 1.23 bits per heavy atom. The maximum Gasteiger partial charge on any atom is 0.272 e. The largest absolute Gasteiger partial charge is 0.351 e. The molecule has 0 unspecified atom stereocenters. The average Bonchev–Trinajstić information content (AvgIpc) is 3.39. The number of thiophene rings is 1. The van der Waals surface area contributed by atoms with E-state index in [0.717, 1.165) is 23.9 Å². The number of nitrogens with zero attached hydrogens (tertiary/aromatic N) is 4. The van der Waals surface area contributed by atoms with Crippen molar-refractivity contribution < 1.29 is 4.79 Å². The lowest BCUT2D eigenvalue weighted by Gasteiger charge is -2.09. The number of benzene rings is 1. The zero-order valence-corrected chi connectivity index (χ0v) is 18.7. The van der Waals surface area contributed by atoms with Crippen molar-refractivity contribution in [3.05, 3.63) is 56.7 Å². The second-order valence-corrected chi connectivity index (χ2v) is 9.05. The summed E-state index contributed by atoms with van der Waals surface area (Å²) in [5.74, 6) is 0.615. The Labute approximate surface area is 186 Å². The number of hydrogen-bond acceptors (Lipinski definition) is 6. The number of fused-ring (bicyclic) bond motifs is 3. The van der Waals surface area contributed by atoms with Gasteiger partial charge in [-0.25, -0.2) is 0 Å². The highest BCUT2D eigenvalue weighted by molar-refractivity contribution is 7.99. The Bertz CT molecular complexity index is 1250. The first-order valence-corrected chi connectivity index (χ1v) is 11.8. The summed E-state index contributed by atoms with van der Waals surface area (Å²) in [5.41, 5.74) is 1.72. The van der Waals surface area contributed by atoms with Crippen molar-refractivity contribution in [2.24, 2.45) is 0 Å². The van der Waals surface area contributed by atoms with Crippen LogP contribution in [0.4, 0.5) is 0 Å². The van der Waals surface area contributed by atoms with Gasteiger partial charge in [-0.3, -0.25) is 18.6 Å². The van der Waals surface area contributed by atoms with Crippen molar-refractivity contribution in [1.29, 1.82) is 0 Å². The molecule has 0 aliphatic rings. The number of amides is 1. The molecule has 0 saturated heterocycles. The lowest BCUT2D eigenvalue weighted by molar-refractivity contribution is -0.118. The zero-order chi connectivity index (χ0) is 21.1. The first-order chi connectivity index (χ1) is 14.6. The molecule has 0 aliphatic carbocycles. The quantitative estimate of drug-likeness (QED) is 0.401. The number of hydrogen-bond donors (Lipinski definition) is 1. The van der Waals surface area contributed by atoms with E-state index in [2.05, 4.69) is 22.4 Å². The minimum absolute atomic E-state index is 0.0365. The van der Waals surface area contributed by atoms with Crippen molar-refractivity contribution >= 4 is 56.6 Å². The van der Waals surface area contributed by atoms with E-state index in [1.807, 2.05) is 28.0 Å². The van der Waals surface area contributed by atoms with E-state index < -0.39 is 0 Å². The molecule has 1 N–H and O–H groups in total. The lowest BCUT2D eigenvalue weighted by Crippen LogP contribution is -2.24. The molecule has 0 fully saturated rings. The third-order valence-electron chi connectivity index (χ3n) is 4.65. The third-order valence-corrected chi connectivity index (χ3v) is 6.73. The molecule has 30 heavy (non-hydrogen) atoms. The van der Waals surface area contributed by atoms with Gasteiger partial charge in [0.15, 0.2) is 5.16 Å². The molecule has 0 bridgehead atoms. The van der Waals surface area contributed by atoms with Crippen LogP contribution in [0.15, 0.2) is 45.7 Å². The second kappa shape index (κ2) is 9.20. The molecular formula is C20H20ClN5O2S2. The number of unbranched alkanes of at least 4 members (excludes halogenated alkanes) is 1. The monoisotopic (exact) mass is 461 g/mol. The van der Waals surface area contributed by atoms with Gasteiger partial charge in [0.25, 0.3) is 5.56 Å². The Kier molecular flexibility index (Phi) is 6.40. The van der Waals surface area contributed by atoms with E-state index in [1.165, 1.54) is 23.1 Å². The van der Waals surface area contributed by atoms with Crippen LogP contribution in [-0.2, 0) is 17.9 Å². The van der Waals surface area contributed by atoms with Gasteiger partial charge in [0.05, 0.1) is 11.3 Å². The molecule has 0 spiro atoms. The van der Waals surface area contributed by atoms with Gasteiger partial charge in [0.1, 0.15) is 4.70 Å². The number of carbonyl (C=O) groups is 1. The highest BCUT2D eigenvalue weighted by atomic mass is 35.5. The summed E-state index contributed by atoms with van der Waals surface area (Å²) in [6.45, 7) is 3.11. The molecule has 4 aromatic rings. The van der Waals surface area contributed by atoms with E-state index in [4.69, 9.17) is 11.6 Å². The number of carbonyl (C=O) groups excluding carboxylic acids is 1. The molecule has 1 aromatic carbocycles. The molecule has 0 radical (unpaired) electrons. The van der Waals surface area contributed by atoms with Crippen LogP contribution in [0.5, 0.6) is 0 Å². The lowest BCUT2D eigenvalue weighted by atomic mass is 10.2. The minimum Gasteiger partial charge on any atom is -0.351 e. The van der Waals surface area contributed by atoms with Gasteiger partial charge in [-0.2, -0.15) is 0 Å². The molecule has 7 nitrogen and oxygen atoms in total. The Morgan fingerprint density at radius 3 is 2.80 bits per heavy atom. The molecule has 3 heterocycles. The number of rotatable bonds is 8. The Morgan fingerprint density at radius 2 is 2.03 bits per heavy atom. The fraction of sp³-hybridized carbons (Fsp3) is 0.300. The van der Waals surface area contributed by atoms with Crippen molar-refractivity contribution in [1.82, 2.24) is 24.5 Å². The van der Waals surface area contributed by atoms with Crippen molar-refractivity contribution in [3.63, 3.8) is 0 Å². The minimum atomic E-state index is -0.104. The summed E-state index contributed by atoms with van der Waals surface area (Å²) in [6.07, 6.45) is 1.86. The van der Waals surface area contributed by atoms with Crippen molar-refractivity contribution in [2.75, 3.05) is 5.75 Å². The van der Waals surface area contributed by atoms with Gasteiger partial charge in [-0.1, -0.05) is 48.8 Å². The summed E-state index contributed by atoms with van der Waals surface area (Å²) in [5, 5.41) is 14.6. The summed E-state index contributed by atoms with van der Waals surface area (Å²) in [7, 11) is 0. The molecule has 4 rings (SSSR count). The summed E-state index contributed by atoms with van der Waals surface area (Å²) < 4.78 is 4.23. The normalized spacial score (nSPS) is 11.4. The predicted octanol–water partition coefficient (Wildman–Crippen LogP) is 3.97. The van der Waals surface area contributed by atoms with Crippen LogP contribution in [0.25, 0.3) is 16.0 Å². The SMILES string of the molecule is CCCCn1c(=O)c2sccc2n2c(SCC(=O)NCc3ccc(Cl)cc3)nnc12. The number of halogens is 1. The van der Waals surface area contributed by atoms with Crippen LogP contribution in [0.2, 0.25) is 5.02 Å². The second-order valence-electron chi connectivity index (χ2n) is 6.76. The Hall–Kier alpha value is -2.36. The topological polar surface area (TPSA) is 81.3 Å². The van der Waals surface area contributed by atoms with Crippen LogP contribution >= 0.6 is 34.7 Å². The predicted molar refractivity (Wildman–Crippen MR) is 122 cm³/mol. The number of nitrogens with one attached hydrogen (secondary N) is 1. The first-order valence-electron chi connectivity index (χ1n) is 9.57. The summed E-state index contributed by atoms with van der Waals surface area (Å²) >= 11 is 8.60. The van der Waals surface area contributed by atoms with Crippen molar-refractivity contribution in [2.45, 2.75) is 38.0 Å². The third kappa shape index (κ3) is 4.23. The van der Waals surface area contributed by atoms with E-state index in [1.54, 1.807) is 16.7 Å². The molecule has 10 heteroatoms. The molecule has 156 valence electrons. The van der Waals surface area contributed by atoms with Crippen molar-refractivity contribution in [3.8, 4) is 0 Å². The smallest absolute Gasteiger partial charge is 0.272 e. The standard InChI is InChI=1S/C20H20ClN5O2S2/c1-2-3-9-25-18(28)17-15(8-10-29-17)26-19(25)23-24-20(26)30-12-16(27)22-11-13-4-6-14(21)7-5-13/h4-8,10H,2-3,9,11-12H2,1H3,(H,22,27). The first kappa shape index (κ1) is 20.9. The fourth-order valence-corrected chi connectivity index (χ4v) is 4.82. The average molecular weight is 462 g/mol. The maximum atomic E-state index is 12.8. The van der Waals surface area contributed by atoms with Gasteiger partial charge in [-0.15, -0.1) is 21.5 Å².